The molecule has 0 aliphatic heterocycles. The third-order valence-corrected chi connectivity index (χ3v) is 3.47. The Morgan fingerprint density at radius 3 is 2.89 bits per heavy atom. The van der Waals surface area contributed by atoms with Crippen molar-refractivity contribution >= 4 is 0 Å². The van der Waals surface area contributed by atoms with Gasteiger partial charge in [0.15, 0.2) is 0 Å². The van der Waals surface area contributed by atoms with Crippen molar-refractivity contribution in [1.29, 1.82) is 0 Å². The first kappa shape index (κ1) is 15.2. The summed E-state index contributed by atoms with van der Waals surface area (Å²) in [6.45, 7) is 5.73. The monoisotopic (exact) mass is 251 g/mol. The van der Waals surface area contributed by atoms with Crippen LogP contribution in [0.2, 0.25) is 0 Å². The lowest BCUT2D eigenvalue weighted by Crippen LogP contribution is -2.35. The molecule has 0 fully saturated rings. The van der Waals surface area contributed by atoms with Crippen LogP contribution in [0, 0.1) is 24.2 Å². The van der Waals surface area contributed by atoms with E-state index in [1.54, 1.807) is 0 Å². The van der Waals surface area contributed by atoms with Gasteiger partial charge in [-0.1, -0.05) is 25.0 Å². The SMILES string of the molecule is C#CC(C)NCC(O)COCC1CC=CCC1C. The van der Waals surface area contributed by atoms with Crippen molar-refractivity contribution in [3.8, 4) is 12.3 Å². The fourth-order valence-corrected chi connectivity index (χ4v) is 2.03. The highest BCUT2D eigenvalue weighted by Gasteiger charge is 2.18. The first-order valence-electron chi connectivity index (χ1n) is 6.73. The van der Waals surface area contributed by atoms with E-state index in [0.29, 0.717) is 25.0 Å². The summed E-state index contributed by atoms with van der Waals surface area (Å²) in [5.74, 6) is 3.82. The summed E-state index contributed by atoms with van der Waals surface area (Å²) in [6.07, 6.45) is 11.4. The third kappa shape index (κ3) is 5.68. The van der Waals surface area contributed by atoms with Gasteiger partial charge < -0.3 is 15.2 Å². The van der Waals surface area contributed by atoms with Gasteiger partial charge in [0.25, 0.3) is 0 Å². The molecule has 0 radical (unpaired) electrons. The molecule has 0 aromatic heterocycles. The molecule has 4 unspecified atom stereocenters. The van der Waals surface area contributed by atoms with E-state index >= 15 is 0 Å². The smallest absolute Gasteiger partial charge is 0.0898 e. The Hall–Kier alpha value is -0.820. The van der Waals surface area contributed by atoms with Crippen molar-refractivity contribution < 1.29 is 9.84 Å². The number of hydrogen-bond acceptors (Lipinski definition) is 3. The lowest BCUT2D eigenvalue weighted by molar-refractivity contribution is 0.0126. The zero-order valence-corrected chi connectivity index (χ0v) is 11.4. The Morgan fingerprint density at radius 2 is 2.22 bits per heavy atom. The molecule has 0 heterocycles. The molecule has 102 valence electrons. The van der Waals surface area contributed by atoms with Crippen molar-refractivity contribution in [2.75, 3.05) is 19.8 Å². The van der Waals surface area contributed by atoms with Crippen LogP contribution in [0.15, 0.2) is 12.2 Å². The summed E-state index contributed by atoms with van der Waals surface area (Å²) in [6, 6.07) is -0.0110. The van der Waals surface area contributed by atoms with Crippen LogP contribution in [0.5, 0.6) is 0 Å². The summed E-state index contributed by atoms with van der Waals surface area (Å²) >= 11 is 0. The molecule has 4 atom stereocenters. The first-order chi connectivity index (χ1) is 8.63. The summed E-state index contributed by atoms with van der Waals surface area (Å²) in [5, 5.41) is 12.8. The average molecular weight is 251 g/mol. The molecular formula is C15H25NO2. The van der Waals surface area contributed by atoms with Gasteiger partial charge >= 0.3 is 0 Å². The third-order valence-electron chi connectivity index (χ3n) is 3.47. The van der Waals surface area contributed by atoms with Crippen LogP contribution < -0.4 is 5.32 Å². The highest BCUT2D eigenvalue weighted by atomic mass is 16.5. The molecule has 0 aromatic carbocycles. The van der Waals surface area contributed by atoms with Crippen molar-refractivity contribution in [1.82, 2.24) is 5.32 Å². The van der Waals surface area contributed by atoms with Crippen LogP contribution in [-0.4, -0.2) is 37.0 Å². The molecule has 0 saturated carbocycles. The maximum Gasteiger partial charge on any atom is 0.0898 e. The second kappa shape index (κ2) is 8.31. The van der Waals surface area contributed by atoms with Crippen molar-refractivity contribution in [3.05, 3.63) is 12.2 Å². The van der Waals surface area contributed by atoms with Gasteiger partial charge in [0.1, 0.15) is 0 Å². The summed E-state index contributed by atoms with van der Waals surface area (Å²) in [5.41, 5.74) is 0. The van der Waals surface area contributed by atoms with E-state index in [2.05, 4.69) is 30.3 Å². The maximum absolute atomic E-state index is 9.72. The van der Waals surface area contributed by atoms with E-state index in [9.17, 15) is 5.11 Å². The fraction of sp³-hybridized carbons (Fsp3) is 0.733. The second-order valence-corrected chi connectivity index (χ2v) is 5.17. The molecular weight excluding hydrogens is 226 g/mol. The number of hydrogen-bond donors (Lipinski definition) is 2. The molecule has 2 N–H and O–H groups in total. The molecule has 0 spiro atoms. The van der Waals surface area contributed by atoms with E-state index < -0.39 is 6.10 Å². The van der Waals surface area contributed by atoms with Crippen molar-refractivity contribution in [2.45, 2.75) is 38.8 Å². The quantitative estimate of drug-likeness (QED) is 0.533. The second-order valence-electron chi connectivity index (χ2n) is 5.17. The first-order valence-corrected chi connectivity index (χ1v) is 6.73. The van der Waals surface area contributed by atoms with Crippen molar-refractivity contribution in [2.24, 2.45) is 11.8 Å². The van der Waals surface area contributed by atoms with Crippen LogP contribution >= 0.6 is 0 Å². The number of rotatable bonds is 7. The molecule has 3 heteroatoms. The minimum Gasteiger partial charge on any atom is -0.389 e. The van der Waals surface area contributed by atoms with Crippen molar-refractivity contribution in [3.63, 3.8) is 0 Å². The van der Waals surface area contributed by atoms with Gasteiger partial charge in [-0.2, -0.15) is 0 Å². The molecule has 18 heavy (non-hydrogen) atoms. The van der Waals surface area contributed by atoms with Crippen LogP contribution in [0.1, 0.15) is 26.7 Å². The molecule has 0 saturated heterocycles. The van der Waals surface area contributed by atoms with Gasteiger partial charge in [-0.25, -0.2) is 0 Å². The molecule has 0 amide bonds. The summed E-state index contributed by atoms with van der Waals surface area (Å²) in [7, 11) is 0. The van der Waals surface area contributed by atoms with Gasteiger partial charge in [-0.3, -0.25) is 0 Å². The van der Waals surface area contributed by atoms with E-state index in [-0.39, 0.29) is 6.04 Å². The van der Waals surface area contributed by atoms with E-state index in [0.717, 1.165) is 19.4 Å². The number of aliphatic hydroxyl groups is 1. The topological polar surface area (TPSA) is 41.5 Å². The average Bonchev–Trinajstić information content (AvgIpc) is 2.38. The molecule has 3 nitrogen and oxygen atoms in total. The number of aliphatic hydroxyl groups excluding tert-OH is 1. The summed E-state index contributed by atoms with van der Waals surface area (Å²) < 4.78 is 5.60. The Kier molecular flexibility index (Phi) is 7.04. The Balaban J connectivity index is 2.10. The van der Waals surface area contributed by atoms with Crippen LogP contribution in [0.4, 0.5) is 0 Å². The Labute approximate surface area is 111 Å². The number of ether oxygens (including phenoxy) is 1. The van der Waals surface area contributed by atoms with Gasteiger partial charge in [-0.05, 0) is 31.6 Å². The Bertz CT molecular complexity index is 295. The molecule has 1 aliphatic carbocycles. The van der Waals surface area contributed by atoms with E-state index in [1.165, 1.54) is 0 Å². The minimum atomic E-state index is -0.491. The molecule has 0 aromatic rings. The molecule has 1 aliphatic rings. The zero-order valence-electron chi connectivity index (χ0n) is 11.4. The van der Waals surface area contributed by atoms with Crippen LogP contribution in [0.25, 0.3) is 0 Å². The number of allylic oxidation sites excluding steroid dienone is 2. The van der Waals surface area contributed by atoms with E-state index in [4.69, 9.17) is 11.2 Å². The maximum atomic E-state index is 9.72. The number of terminal acetylenes is 1. The van der Waals surface area contributed by atoms with Crippen LogP contribution in [0.3, 0.4) is 0 Å². The van der Waals surface area contributed by atoms with Gasteiger partial charge in [-0.15, -0.1) is 6.42 Å². The predicted molar refractivity (Wildman–Crippen MR) is 74.2 cm³/mol. The molecule has 1 rings (SSSR count). The summed E-state index contributed by atoms with van der Waals surface area (Å²) in [4.78, 5) is 0. The standard InChI is InChI=1S/C15H25NO2/c1-4-13(3)16-9-15(17)11-18-10-14-8-6-5-7-12(14)2/h1,5-6,12-17H,7-11H2,2-3H3. The zero-order chi connectivity index (χ0) is 13.4. The fourth-order valence-electron chi connectivity index (χ4n) is 2.03. The van der Waals surface area contributed by atoms with Gasteiger partial charge in [0.05, 0.1) is 25.4 Å². The largest absolute Gasteiger partial charge is 0.389 e. The lowest BCUT2D eigenvalue weighted by atomic mass is 9.85. The van der Waals surface area contributed by atoms with E-state index in [1.807, 2.05) is 6.92 Å². The highest BCUT2D eigenvalue weighted by molar-refractivity contribution is 4.96. The molecule has 0 bridgehead atoms. The minimum absolute atomic E-state index is 0.0110. The Morgan fingerprint density at radius 1 is 1.50 bits per heavy atom. The number of nitrogens with one attached hydrogen (secondary N) is 1. The lowest BCUT2D eigenvalue weighted by Gasteiger charge is -2.25. The van der Waals surface area contributed by atoms with Gasteiger partial charge in [0.2, 0.25) is 0 Å². The predicted octanol–water partition coefficient (Wildman–Crippen LogP) is 1.58. The normalized spacial score (nSPS) is 26.6. The van der Waals surface area contributed by atoms with Gasteiger partial charge in [0, 0.05) is 6.54 Å². The highest BCUT2D eigenvalue weighted by Crippen LogP contribution is 2.24. The van der Waals surface area contributed by atoms with Crippen LogP contribution in [-0.2, 0) is 4.74 Å².